The SMILES string of the molecule is C=CCN(CCCCC)C(=O)C1N(CCCCCCO)C(=O)[C@@H]2[C@H](C(=O)O)[C@@H]3CCC12S3. The predicted molar refractivity (Wildman–Crippen MR) is 125 cm³/mol. The van der Waals surface area contributed by atoms with E-state index >= 15 is 0 Å². The first kappa shape index (κ1) is 25.1. The van der Waals surface area contributed by atoms with Gasteiger partial charge in [0.15, 0.2) is 0 Å². The van der Waals surface area contributed by atoms with Gasteiger partial charge in [-0.25, -0.2) is 0 Å². The van der Waals surface area contributed by atoms with Crippen LogP contribution >= 0.6 is 11.8 Å². The molecule has 3 aliphatic rings. The molecule has 0 aliphatic carbocycles. The van der Waals surface area contributed by atoms with Crippen LogP contribution in [0.15, 0.2) is 12.7 Å². The Bertz CT molecular complexity index is 717. The monoisotopic (exact) mass is 466 g/mol. The molecule has 5 atom stereocenters. The number of hydrogen-bond acceptors (Lipinski definition) is 5. The number of carbonyl (C=O) groups is 3. The topological polar surface area (TPSA) is 98.2 Å². The van der Waals surface area contributed by atoms with Gasteiger partial charge in [0.2, 0.25) is 11.8 Å². The number of unbranched alkanes of at least 4 members (excludes halogenated alkanes) is 5. The number of likely N-dealkylation sites (tertiary alicyclic amines) is 1. The van der Waals surface area contributed by atoms with Crippen LogP contribution in [0.3, 0.4) is 0 Å². The number of thioether (sulfide) groups is 1. The van der Waals surface area contributed by atoms with Crippen molar-refractivity contribution in [1.29, 1.82) is 0 Å². The molecule has 1 spiro atoms. The average molecular weight is 467 g/mol. The van der Waals surface area contributed by atoms with Crippen molar-refractivity contribution in [2.45, 2.75) is 80.7 Å². The van der Waals surface area contributed by atoms with Gasteiger partial charge in [-0.3, -0.25) is 14.4 Å². The molecule has 2 N–H and O–H groups in total. The van der Waals surface area contributed by atoms with E-state index in [1.54, 1.807) is 22.7 Å². The number of carbonyl (C=O) groups excluding carboxylic acids is 2. The molecule has 32 heavy (non-hydrogen) atoms. The largest absolute Gasteiger partial charge is 0.481 e. The Kier molecular flexibility index (Phi) is 8.67. The van der Waals surface area contributed by atoms with Crippen LogP contribution in [-0.2, 0) is 14.4 Å². The van der Waals surface area contributed by atoms with Crippen LogP contribution in [0.1, 0.15) is 64.7 Å². The summed E-state index contributed by atoms with van der Waals surface area (Å²) in [6.07, 6.45) is 9.41. The van der Waals surface area contributed by atoms with Crippen molar-refractivity contribution < 1.29 is 24.6 Å². The van der Waals surface area contributed by atoms with Gasteiger partial charge in [-0.1, -0.05) is 38.7 Å². The average Bonchev–Trinajstić information content (AvgIpc) is 3.40. The van der Waals surface area contributed by atoms with Crippen molar-refractivity contribution in [2.75, 3.05) is 26.2 Å². The Morgan fingerprint density at radius 3 is 2.66 bits per heavy atom. The second-order valence-corrected chi connectivity index (χ2v) is 10.9. The molecule has 7 nitrogen and oxygen atoms in total. The summed E-state index contributed by atoms with van der Waals surface area (Å²) in [4.78, 5) is 43.1. The molecule has 3 rings (SSSR count). The van der Waals surface area contributed by atoms with Crippen molar-refractivity contribution in [1.82, 2.24) is 9.80 Å². The molecule has 0 aromatic carbocycles. The fourth-order valence-corrected chi connectivity index (χ4v) is 8.08. The minimum atomic E-state index is -0.913. The van der Waals surface area contributed by atoms with Gasteiger partial charge in [0.25, 0.3) is 0 Å². The molecule has 2 unspecified atom stereocenters. The van der Waals surface area contributed by atoms with Crippen molar-refractivity contribution >= 4 is 29.5 Å². The van der Waals surface area contributed by atoms with Crippen LogP contribution in [0.2, 0.25) is 0 Å². The molecule has 2 amide bonds. The summed E-state index contributed by atoms with van der Waals surface area (Å²) in [5.41, 5.74) is 0. The standard InChI is InChI=1S/C24H38N2O5S/c1-3-5-8-14-25(13-4-2)22(29)20-24-12-11-17(32-24)18(23(30)31)19(24)21(28)26(20)15-9-6-7-10-16-27/h4,17-20,27H,2-3,5-16H2,1H3,(H,30,31)/t17-,18+,19-,20?,24?/m0/s1. The van der Waals surface area contributed by atoms with E-state index in [1.807, 2.05) is 4.90 Å². The Morgan fingerprint density at radius 1 is 1.25 bits per heavy atom. The van der Waals surface area contributed by atoms with Gasteiger partial charge >= 0.3 is 5.97 Å². The number of hydrogen-bond donors (Lipinski definition) is 2. The molecule has 3 heterocycles. The summed E-state index contributed by atoms with van der Waals surface area (Å²) in [7, 11) is 0. The summed E-state index contributed by atoms with van der Waals surface area (Å²) in [5, 5.41) is 18.8. The normalized spacial score (nSPS) is 30.6. The van der Waals surface area contributed by atoms with E-state index in [9.17, 15) is 19.5 Å². The maximum absolute atomic E-state index is 13.9. The highest BCUT2D eigenvalue weighted by Gasteiger charge is 2.73. The first-order valence-corrected chi connectivity index (χ1v) is 13.0. The number of nitrogens with zero attached hydrogens (tertiary/aromatic N) is 2. The minimum absolute atomic E-state index is 0.0496. The molecule has 0 saturated carbocycles. The highest BCUT2D eigenvalue weighted by molar-refractivity contribution is 8.02. The number of fused-ring (bicyclic) bond motifs is 1. The van der Waals surface area contributed by atoms with E-state index in [0.717, 1.165) is 57.8 Å². The van der Waals surface area contributed by atoms with Crippen LogP contribution in [0, 0.1) is 11.8 Å². The van der Waals surface area contributed by atoms with Gasteiger partial charge in [-0.2, -0.15) is 0 Å². The predicted octanol–water partition coefficient (Wildman–Crippen LogP) is 2.92. The Balaban J connectivity index is 1.87. The summed E-state index contributed by atoms with van der Waals surface area (Å²) in [6.45, 7) is 7.63. The third kappa shape index (κ3) is 4.58. The molecular weight excluding hydrogens is 428 g/mol. The molecule has 180 valence electrons. The molecule has 3 saturated heterocycles. The number of carboxylic acid groups (broad SMARTS) is 1. The molecule has 2 bridgehead atoms. The Morgan fingerprint density at radius 2 is 2.00 bits per heavy atom. The highest BCUT2D eigenvalue weighted by atomic mass is 32.2. The minimum Gasteiger partial charge on any atom is -0.481 e. The number of rotatable bonds is 14. The van der Waals surface area contributed by atoms with E-state index in [4.69, 9.17) is 5.11 Å². The molecule has 8 heteroatoms. The fourth-order valence-electron chi connectivity index (χ4n) is 5.87. The Labute approximate surface area is 195 Å². The zero-order valence-corrected chi connectivity index (χ0v) is 20.0. The number of carboxylic acids is 1. The van der Waals surface area contributed by atoms with Crippen molar-refractivity contribution in [3.63, 3.8) is 0 Å². The van der Waals surface area contributed by atoms with Gasteiger partial charge in [-0.15, -0.1) is 18.3 Å². The molecule has 0 aromatic heterocycles. The zero-order chi connectivity index (χ0) is 23.3. The van der Waals surface area contributed by atoms with Crippen molar-refractivity contribution in [2.24, 2.45) is 11.8 Å². The second-order valence-electron chi connectivity index (χ2n) is 9.34. The van der Waals surface area contributed by atoms with Crippen molar-refractivity contribution in [3.05, 3.63) is 12.7 Å². The molecule has 0 aromatic rings. The first-order chi connectivity index (χ1) is 15.4. The lowest BCUT2D eigenvalue weighted by atomic mass is 9.71. The number of aliphatic carboxylic acids is 1. The zero-order valence-electron chi connectivity index (χ0n) is 19.2. The van der Waals surface area contributed by atoms with Gasteiger partial charge in [0.05, 0.1) is 16.6 Å². The third-order valence-electron chi connectivity index (χ3n) is 7.32. The van der Waals surface area contributed by atoms with E-state index in [1.165, 1.54) is 0 Å². The van der Waals surface area contributed by atoms with E-state index in [-0.39, 0.29) is 23.7 Å². The first-order valence-electron chi connectivity index (χ1n) is 12.1. The Hall–Kier alpha value is -1.54. The lowest BCUT2D eigenvalue weighted by molar-refractivity contribution is -0.148. The third-order valence-corrected chi connectivity index (χ3v) is 9.27. The van der Waals surface area contributed by atoms with Crippen LogP contribution in [0.4, 0.5) is 0 Å². The van der Waals surface area contributed by atoms with E-state index < -0.39 is 28.6 Å². The second kappa shape index (κ2) is 11.1. The number of aliphatic hydroxyl groups is 1. The summed E-state index contributed by atoms with van der Waals surface area (Å²) >= 11 is 1.59. The fraction of sp³-hybridized carbons (Fsp3) is 0.792. The lowest BCUT2D eigenvalue weighted by Crippen LogP contribution is -2.55. The van der Waals surface area contributed by atoms with E-state index in [0.29, 0.717) is 19.6 Å². The smallest absolute Gasteiger partial charge is 0.308 e. The van der Waals surface area contributed by atoms with Crippen molar-refractivity contribution in [3.8, 4) is 0 Å². The van der Waals surface area contributed by atoms with Gasteiger partial charge in [0.1, 0.15) is 6.04 Å². The summed E-state index contributed by atoms with van der Waals surface area (Å²) in [6, 6.07) is -0.598. The van der Waals surface area contributed by atoms with Gasteiger partial charge in [0, 0.05) is 31.5 Å². The quantitative estimate of drug-likeness (QED) is 0.302. The number of aliphatic hydroxyl groups excluding tert-OH is 1. The van der Waals surface area contributed by atoms with Crippen LogP contribution in [-0.4, -0.2) is 80.1 Å². The summed E-state index contributed by atoms with van der Waals surface area (Å²) < 4.78 is -0.628. The van der Waals surface area contributed by atoms with Gasteiger partial charge < -0.3 is 20.0 Å². The van der Waals surface area contributed by atoms with Crippen LogP contribution in [0.25, 0.3) is 0 Å². The lowest BCUT2D eigenvalue weighted by Gasteiger charge is -2.37. The van der Waals surface area contributed by atoms with Gasteiger partial charge in [-0.05, 0) is 32.1 Å². The van der Waals surface area contributed by atoms with E-state index in [2.05, 4.69) is 13.5 Å². The summed E-state index contributed by atoms with van der Waals surface area (Å²) in [5.74, 6) is -2.43. The molecule has 3 fully saturated rings. The highest BCUT2D eigenvalue weighted by Crippen LogP contribution is 2.66. The van der Waals surface area contributed by atoms with Crippen LogP contribution in [0.5, 0.6) is 0 Å². The number of amides is 2. The molecule has 3 aliphatic heterocycles. The maximum atomic E-state index is 13.9. The molecular formula is C24H38N2O5S. The molecule has 0 radical (unpaired) electrons. The van der Waals surface area contributed by atoms with Crippen LogP contribution < -0.4 is 0 Å². The maximum Gasteiger partial charge on any atom is 0.308 e.